The van der Waals surface area contributed by atoms with E-state index in [1.807, 2.05) is 6.07 Å². The van der Waals surface area contributed by atoms with Crippen molar-refractivity contribution in [1.29, 1.82) is 0 Å². The number of hydrogen-bond donors (Lipinski definition) is 0. The topological polar surface area (TPSA) is 13.1 Å². The molecule has 1 aromatic rings. The Hall–Kier alpha value is -0.720. The monoisotopic (exact) mass is 166 g/mol. The minimum Gasteiger partial charge on any atom is -0.472 e. The maximum absolute atomic E-state index is 4.88. The Morgan fingerprint density at radius 2 is 2.00 bits per heavy atom. The summed E-state index contributed by atoms with van der Waals surface area (Å²) in [7, 11) is 0. The van der Waals surface area contributed by atoms with Gasteiger partial charge in [0.15, 0.2) is 0 Å². The zero-order valence-electron chi connectivity index (χ0n) is 8.21. The molecule has 1 fully saturated rings. The lowest BCUT2D eigenvalue weighted by Gasteiger charge is -1.94. The van der Waals surface area contributed by atoms with Crippen molar-refractivity contribution in [2.24, 2.45) is 5.92 Å². The second kappa shape index (κ2) is 4.34. The molecular weight excluding hydrogens is 148 g/mol. The van der Waals surface area contributed by atoms with Crippen molar-refractivity contribution in [2.75, 3.05) is 0 Å². The molecule has 1 saturated carbocycles. The van der Waals surface area contributed by atoms with Gasteiger partial charge in [0.1, 0.15) is 0 Å². The van der Waals surface area contributed by atoms with Gasteiger partial charge in [-0.2, -0.15) is 0 Å². The highest BCUT2D eigenvalue weighted by atomic mass is 16.3. The first-order valence-electron chi connectivity index (χ1n) is 4.72. The van der Waals surface area contributed by atoms with Gasteiger partial charge in [0, 0.05) is 0 Å². The Morgan fingerprint density at radius 3 is 2.17 bits per heavy atom. The summed E-state index contributed by atoms with van der Waals surface area (Å²) >= 11 is 0. The molecule has 0 aliphatic heterocycles. The number of rotatable bonds is 1. The summed E-state index contributed by atoms with van der Waals surface area (Å²) in [6.07, 6.45) is 6.46. The maximum atomic E-state index is 4.88. The number of furan rings is 1. The third-order valence-electron chi connectivity index (χ3n) is 2.08. The first-order valence-corrected chi connectivity index (χ1v) is 4.72. The van der Waals surface area contributed by atoms with Gasteiger partial charge in [-0.05, 0) is 23.5 Å². The lowest BCUT2D eigenvalue weighted by molar-refractivity contribution is 0.562. The quantitative estimate of drug-likeness (QED) is 0.618. The summed E-state index contributed by atoms with van der Waals surface area (Å²) in [4.78, 5) is 0. The summed E-state index contributed by atoms with van der Waals surface area (Å²) in [5.41, 5.74) is 1.27. The van der Waals surface area contributed by atoms with E-state index in [-0.39, 0.29) is 0 Å². The fraction of sp³-hybridized carbons (Fsp3) is 0.636. The Labute approximate surface area is 74.8 Å². The highest BCUT2D eigenvalue weighted by Crippen LogP contribution is 2.26. The molecular formula is C11H18O. The van der Waals surface area contributed by atoms with E-state index in [0.29, 0.717) is 5.92 Å². The Balaban J connectivity index is 0.000000150. The smallest absolute Gasteiger partial charge is 0.0937 e. The molecule has 0 bridgehead atoms. The predicted molar refractivity (Wildman–Crippen MR) is 51.2 cm³/mol. The van der Waals surface area contributed by atoms with Crippen LogP contribution in [-0.2, 0) is 0 Å². The molecule has 1 heteroatoms. The van der Waals surface area contributed by atoms with Crippen LogP contribution >= 0.6 is 0 Å². The van der Waals surface area contributed by atoms with Gasteiger partial charge in [-0.15, -0.1) is 0 Å². The molecule has 0 saturated heterocycles. The van der Waals surface area contributed by atoms with Crippen LogP contribution in [0.4, 0.5) is 0 Å². The van der Waals surface area contributed by atoms with Gasteiger partial charge in [0.05, 0.1) is 12.5 Å². The molecule has 0 aromatic carbocycles. The SMILES string of the molecule is CC(C)c1ccoc1.CC1CC1. The molecule has 0 atom stereocenters. The molecule has 68 valence electrons. The van der Waals surface area contributed by atoms with Crippen molar-refractivity contribution < 1.29 is 4.42 Å². The van der Waals surface area contributed by atoms with Gasteiger partial charge in [-0.3, -0.25) is 0 Å². The molecule has 1 heterocycles. The van der Waals surface area contributed by atoms with Crippen molar-refractivity contribution in [3.05, 3.63) is 24.2 Å². The van der Waals surface area contributed by atoms with E-state index in [0.717, 1.165) is 5.92 Å². The van der Waals surface area contributed by atoms with Gasteiger partial charge in [0.25, 0.3) is 0 Å². The Bertz CT molecular complexity index is 195. The highest BCUT2D eigenvalue weighted by Gasteiger charge is 2.12. The summed E-state index contributed by atoms with van der Waals surface area (Å²) in [6.45, 7) is 6.57. The van der Waals surface area contributed by atoms with Crippen LogP contribution in [0.25, 0.3) is 0 Å². The van der Waals surface area contributed by atoms with Crippen molar-refractivity contribution in [2.45, 2.75) is 39.5 Å². The second-order valence-corrected chi connectivity index (χ2v) is 3.89. The van der Waals surface area contributed by atoms with Crippen molar-refractivity contribution in [1.82, 2.24) is 0 Å². The first-order chi connectivity index (χ1) is 5.70. The molecule has 1 aliphatic rings. The van der Waals surface area contributed by atoms with Crippen LogP contribution in [0.5, 0.6) is 0 Å². The number of hydrogen-bond acceptors (Lipinski definition) is 1. The molecule has 0 unspecified atom stereocenters. The lowest BCUT2D eigenvalue weighted by atomic mass is 10.1. The zero-order chi connectivity index (χ0) is 8.97. The molecule has 0 spiro atoms. The molecule has 1 aromatic heterocycles. The highest BCUT2D eigenvalue weighted by molar-refractivity contribution is 5.09. The maximum Gasteiger partial charge on any atom is 0.0937 e. The minimum absolute atomic E-state index is 0.591. The fourth-order valence-electron chi connectivity index (χ4n) is 0.770. The molecule has 0 amide bonds. The average molecular weight is 166 g/mol. The van der Waals surface area contributed by atoms with Crippen LogP contribution in [0.1, 0.15) is 45.1 Å². The lowest BCUT2D eigenvalue weighted by Crippen LogP contribution is -1.79. The van der Waals surface area contributed by atoms with E-state index in [9.17, 15) is 0 Å². The van der Waals surface area contributed by atoms with E-state index in [1.165, 1.54) is 18.4 Å². The van der Waals surface area contributed by atoms with Gasteiger partial charge >= 0.3 is 0 Å². The largest absolute Gasteiger partial charge is 0.472 e. The zero-order valence-corrected chi connectivity index (χ0v) is 8.21. The van der Waals surface area contributed by atoms with Crippen LogP contribution in [0, 0.1) is 5.92 Å². The van der Waals surface area contributed by atoms with Gasteiger partial charge in [0.2, 0.25) is 0 Å². The van der Waals surface area contributed by atoms with Crippen LogP contribution in [-0.4, -0.2) is 0 Å². The third-order valence-corrected chi connectivity index (χ3v) is 2.08. The van der Waals surface area contributed by atoms with E-state index in [4.69, 9.17) is 4.42 Å². The van der Waals surface area contributed by atoms with Gasteiger partial charge in [-0.1, -0.05) is 33.6 Å². The molecule has 1 nitrogen and oxygen atoms in total. The van der Waals surface area contributed by atoms with E-state index in [1.54, 1.807) is 12.5 Å². The second-order valence-electron chi connectivity index (χ2n) is 3.89. The summed E-state index contributed by atoms with van der Waals surface area (Å²) in [6, 6.07) is 1.99. The molecule has 0 N–H and O–H groups in total. The summed E-state index contributed by atoms with van der Waals surface area (Å²) < 4.78 is 4.88. The van der Waals surface area contributed by atoms with Crippen molar-refractivity contribution in [3.8, 4) is 0 Å². The molecule has 0 radical (unpaired) electrons. The van der Waals surface area contributed by atoms with Crippen molar-refractivity contribution >= 4 is 0 Å². The molecule has 2 rings (SSSR count). The van der Waals surface area contributed by atoms with Crippen LogP contribution in [0.2, 0.25) is 0 Å². The van der Waals surface area contributed by atoms with E-state index in [2.05, 4.69) is 20.8 Å². The Morgan fingerprint density at radius 1 is 1.42 bits per heavy atom. The first kappa shape index (κ1) is 9.37. The normalized spacial score (nSPS) is 15.7. The van der Waals surface area contributed by atoms with Crippen LogP contribution < -0.4 is 0 Å². The fourth-order valence-corrected chi connectivity index (χ4v) is 0.770. The molecule has 12 heavy (non-hydrogen) atoms. The van der Waals surface area contributed by atoms with Gasteiger partial charge in [-0.25, -0.2) is 0 Å². The standard InChI is InChI=1S/C7H10O.C4H8/c1-6(2)7-3-4-8-5-7;1-4-2-3-4/h3-6H,1-2H3;4H,2-3H2,1H3. The van der Waals surface area contributed by atoms with Gasteiger partial charge < -0.3 is 4.42 Å². The predicted octanol–water partition coefficient (Wildman–Crippen LogP) is 3.82. The third kappa shape index (κ3) is 3.61. The van der Waals surface area contributed by atoms with E-state index < -0.39 is 0 Å². The van der Waals surface area contributed by atoms with Crippen molar-refractivity contribution in [3.63, 3.8) is 0 Å². The summed E-state index contributed by atoms with van der Waals surface area (Å²) in [5.74, 6) is 1.67. The van der Waals surface area contributed by atoms with Crippen LogP contribution in [0.3, 0.4) is 0 Å². The average Bonchev–Trinajstić information content (AvgIpc) is 2.66. The van der Waals surface area contributed by atoms with E-state index >= 15 is 0 Å². The molecule has 1 aliphatic carbocycles. The summed E-state index contributed by atoms with van der Waals surface area (Å²) in [5, 5.41) is 0. The van der Waals surface area contributed by atoms with Crippen LogP contribution in [0.15, 0.2) is 23.0 Å². The minimum atomic E-state index is 0.591. The Kier molecular flexibility index (Phi) is 3.39.